The van der Waals surface area contributed by atoms with Crippen LogP contribution in [0.3, 0.4) is 0 Å². The average Bonchev–Trinajstić information content (AvgIpc) is 3.54. The number of benzene rings is 1. The zero-order valence-electron chi connectivity index (χ0n) is 17.1. The molecule has 2 amide bonds. The molecule has 1 heterocycles. The number of hydrogen-bond donors (Lipinski definition) is 3. The number of hydrogen-bond acceptors (Lipinski definition) is 7. The summed E-state index contributed by atoms with van der Waals surface area (Å²) in [5.74, 6) is -1.01. The maximum Gasteiger partial charge on any atom is 0.272 e. The van der Waals surface area contributed by atoms with Crippen LogP contribution in [0.1, 0.15) is 30.4 Å². The number of carbonyl (C=O) groups excluding carboxylic acids is 2. The first kappa shape index (κ1) is 22.5. The zero-order valence-corrected chi connectivity index (χ0v) is 17.9. The first-order valence-corrected chi connectivity index (χ1v) is 11.2. The molecule has 5 N–H and O–H groups in total. The molecule has 0 aromatic heterocycles. The summed E-state index contributed by atoms with van der Waals surface area (Å²) in [6, 6.07) is 8.76. The van der Waals surface area contributed by atoms with Crippen molar-refractivity contribution in [3.8, 4) is 6.07 Å². The lowest BCUT2D eigenvalue weighted by atomic mass is 9.97. The van der Waals surface area contributed by atoms with E-state index in [1.54, 1.807) is 24.3 Å². The summed E-state index contributed by atoms with van der Waals surface area (Å²) in [6.07, 6.45) is 1.10. The second-order valence-electron chi connectivity index (χ2n) is 7.66. The molecule has 0 unspecified atom stereocenters. The fourth-order valence-electron chi connectivity index (χ4n) is 3.52. The van der Waals surface area contributed by atoms with Crippen LogP contribution in [0.15, 0.2) is 40.5 Å². The van der Waals surface area contributed by atoms with Gasteiger partial charge in [-0.1, -0.05) is 12.1 Å². The number of sulfonamides is 1. The van der Waals surface area contributed by atoms with Gasteiger partial charge in [-0.15, -0.1) is 0 Å². The molecule has 0 bridgehead atoms. The number of nitrogens with one attached hydrogen (secondary N) is 1. The summed E-state index contributed by atoms with van der Waals surface area (Å²) >= 11 is 0. The van der Waals surface area contributed by atoms with Gasteiger partial charge in [-0.05, 0) is 37.0 Å². The van der Waals surface area contributed by atoms with Gasteiger partial charge in [-0.3, -0.25) is 14.6 Å². The lowest BCUT2D eigenvalue weighted by Crippen LogP contribution is -2.50. The molecular weight excluding hydrogens is 420 g/mol. The van der Waals surface area contributed by atoms with Crippen molar-refractivity contribution in [3.05, 3.63) is 46.7 Å². The number of rotatable bonds is 6. The normalized spacial score (nSPS) is 20.9. The van der Waals surface area contributed by atoms with Crippen molar-refractivity contribution in [3.63, 3.8) is 0 Å². The topological polar surface area (TPSA) is 172 Å². The smallest absolute Gasteiger partial charge is 0.272 e. The van der Waals surface area contributed by atoms with Crippen LogP contribution in [0.2, 0.25) is 0 Å². The van der Waals surface area contributed by atoms with E-state index in [0.717, 1.165) is 5.56 Å². The van der Waals surface area contributed by atoms with Gasteiger partial charge in [0.25, 0.3) is 11.8 Å². The molecule has 2 aliphatic rings. The van der Waals surface area contributed by atoms with Crippen molar-refractivity contribution in [1.29, 1.82) is 5.26 Å². The Bertz CT molecular complexity index is 1110. The molecule has 11 heteroatoms. The predicted molar refractivity (Wildman–Crippen MR) is 114 cm³/mol. The van der Waals surface area contributed by atoms with Crippen LogP contribution >= 0.6 is 0 Å². The second kappa shape index (κ2) is 8.49. The van der Waals surface area contributed by atoms with Crippen LogP contribution in [0.5, 0.6) is 0 Å². The van der Waals surface area contributed by atoms with E-state index in [9.17, 15) is 18.0 Å². The highest BCUT2D eigenvalue weighted by atomic mass is 32.2. The summed E-state index contributed by atoms with van der Waals surface area (Å²) in [5, 5.41) is 16.9. The summed E-state index contributed by atoms with van der Waals surface area (Å²) in [4.78, 5) is 30.8. The highest BCUT2D eigenvalue weighted by molar-refractivity contribution is 7.90. The third-order valence-corrected chi connectivity index (χ3v) is 7.37. The van der Waals surface area contributed by atoms with E-state index in [1.165, 1.54) is 11.9 Å². The van der Waals surface area contributed by atoms with Crippen LogP contribution in [0, 0.1) is 11.3 Å². The first-order chi connectivity index (χ1) is 14.6. The Labute approximate surface area is 180 Å². The van der Waals surface area contributed by atoms with Gasteiger partial charge in [-0.2, -0.15) is 5.26 Å². The molecule has 1 aliphatic carbocycles. The monoisotopic (exact) mass is 444 g/mol. The largest absolute Gasteiger partial charge is 0.394 e. The number of likely N-dealkylation sites (tertiary alicyclic amines) is 1. The van der Waals surface area contributed by atoms with E-state index in [0.29, 0.717) is 24.0 Å². The quantitative estimate of drug-likeness (QED) is 0.500. The van der Waals surface area contributed by atoms with E-state index < -0.39 is 26.6 Å². The number of carbonyl (C=O) groups is 2. The molecule has 1 aromatic rings. The molecule has 0 spiro atoms. The lowest BCUT2D eigenvalue weighted by molar-refractivity contribution is -0.124. The van der Waals surface area contributed by atoms with Crippen LogP contribution in [-0.4, -0.2) is 55.7 Å². The molecule has 0 radical (unpaired) electrons. The van der Waals surface area contributed by atoms with Gasteiger partial charge in [0.1, 0.15) is 16.2 Å². The van der Waals surface area contributed by atoms with Crippen LogP contribution in [0.4, 0.5) is 0 Å². The minimum absolute atomic E-state index is 0.00175. The van der Waals surface area contributed by atoms with Crippen LogP contribution < -0.4 is 16.2 Å². The van der Waals surface area contributed by atoms with Gasteiger partial charge in [0, 0.05) is 32.3 Å². The third kappa shape index (κ3) is 4.60. The number of piperidine rings is 1. The molecule has 1 aliphatic heterocycles. The third-order valence-electron chi connectivity index (χ3n) is 5.63. The van der Waals surface area contributed by atoms with E-state index in [4.69, 9.17) is 16.1 Å². The second-order valence-corrected chi connectivity index (χ2v) is 9.62. The number of nitrogens with two attached hydrogens (primary N) is 2. The van der Waals surface area contributed by atoms with E-state index in [-0.39, 0.29) is 37.5 Å². The predicted octanol–water partition coefficient (Wildman–Crippen LogP) is -0.489. The Hall–Kier alpha value is -3.23. The van der Waals surface area contributed by atoms with Crippen molar-refractivity contribution >= 4 is 27.5 Å². The summed E-state index contributed by atoms with van der Waals surface area (Å²) < 4.78 is 22.6. The van der Waals surface area contributed by atoms with Crippen molar-refractivity contribution in [2.45, 2.75) is 30.6 Å². The Morgan fingerprint density at radius 2 is 1.97 bits per heavy atom. The fourth-order valence-corrected chi connectivity index (χ4v) is 4.53. The molecule has 10 nitrogen and oxygen atoms in total. The lowest BCUT2D eigenvalue weighted by Gasteiger charge is -2.32. The average molecular weight is 445 g/mol. The number of nitriles is 1. The van der Waals surface area contributed by atoms with E-state index >= 15 is 0 Å². The Kier molecular flexibility index (Phi) is 6.15. The van der Waals surface area contributed by atoms with Gasteiger partial charge in [0.05, 0.1) is 11.6 Å². The fraction of sp³-hybridized carbons (Fsp3) is 0.400. The van der Waals surface area contributed by atoms with Gasteiger partial charge in [0.2, 0.25) is 10.0 Å². The van der Waals surface area contributed by atoms with Gasteiger partial charge in [0.15, 0.2) is 0 Å². The molecule has 3 rings (SSSR count). The number of amides is 2. The summed E-state index contributed by atoms with van der Waals surface area (Å²) in [6.45, 7) is 0.421. The maximum absolute atomic E-state index is 12.9. The number of aliphatic imine (C=N–C) groups is 1. The van der Waals surface area contributed by atoms with E-state index in [1.807, 2.05) is 6.07 Å². The Morgan fingerprint density at radius 3 is 2.48 bits per heavy atom. The molecule has 31 heavy (non-hydrogen) atoms. The van der Waals surface area contributed by atoms with Gasteiger partial charge < -0.3 is 16.0 Å². The van der Waals surface area contributed by atoms with Crippen molar-refractivity contribution < 1.29 is 18.0 Å². The minimum Gasteiger partial charge on any atom is -0.394 e. The standard InChI is InChI=1S/C20H24N6O4S/c1-24-17-15(6-9-26(19(17)28)12-20(7-8-20)31(23,29)30)16(22)18(27)25-11-14-4-2-13(10-21)3-5-14/h2-5H,6-9,11-12,22H2,1H3,(H,25,27)(H2,23,29,30). The summed E-state index contributed by atoms with van der Waals surface area (Å²) in [5.41, 5.74) is 7.62. The highest BCUT2D eigenvalue weighted by Gasteiger charge is 2.55. The maximum atomic E-state index is 12.9. The SMILES string of the molecule is CN=C1C(=O)N(CC2(S(N)(=O)=O)CC2)CCC1=C(N)C(=O)NCc1ccc(C#N)cc1. The molecule has 0 atom stereocenters. The van der Waals surface area contributed by atoms with Gasteiger partial charge >= 0.3 is 0 Å². The Morgan fingerprint density at radius 1 is 1.32 bits per heavy atom. The first-order valence-electron chi connectivity index (χ1n) is 9.66. The zero-order chi connectivity index (χ0) is 22.8. The molecule has 164 valence electrons. The molecule has 2 fully saturated rings. The number of nitrogens with zero attached hydrogens (tertiary/aromatic N) is 3. The molecule has 1 saturated heterocycles. The van der Waals surface area contributed by atoms with Gasteiger partial charge in [-0.25, -0.2) is 13.6 Å². The Balaban J connectivity index is 1.70. The van der Waals surface area contributed by atoms with Crippen LogP contribution in [0.25, 0.3) is 0 Å². The molecule has 1 saturated carbocycles. The highest BCUT2D eigenvalue weighted by Crippen LogP contribution is 2.43. The number of primary sulfonamides is 1. The van der Waals surface area contributed by atoms with Crippen molar-refractivity contribution in [2.24, 2.45) is 15.9 Å². The summed E-state index contributed by atoms with van der Waals surface area (Å²) in [7, 11) is -2.35. The van der Waals surface area contributed by atoms with Crippen molar-refractivity contribution in [1.82, 2.24) is 10.2 Å². The van der Waals surface area contributed by atoms with Crippen molar-refractivity contribution in [2.75, 3.05) is 20.1 Å². The van der Waals surface area contributed by atoms with Crippen LogP contribution in [-0.2, 0) is 26.2 Å². The molecule has 1 aromatic carbocycles. The van der Waals surface area contributed by atoms with E-state index in [2.05, 4.69) is 10.3 Å². The minimum atomic E-state index is -3.77. The molecular formula is C20H24N6O4S.